The Morgan fingerprint density at radius 2 is 2.00 bits per heavy atom. The molecule has 1 aliphatic heterocycles. The van der Waals surface area contributed by atoms with Crippen LogP contribution in [0.4, 0.5) is 11.4 Å². The van der Waals surface area contributed by atoms with Crippen molar-refractivity contribution in [1.29, 1.82) is 0 Å². The van der Waals surface area contributed by atoms with Gasteiger partial charge in [-0.1, -0.05) is 11.6 Å². The first-order chi connectivity index (χ1) is 11.2. The first kappa shape index (κ1) is 16.5. The number of aromatic nitrogens is 1. The summed E-state index contributed by atoms with van der Waals surface area (Å²) in [7, 11) is -2.55. The van der Waals surface area contributed by atoms with Gasteiger partial charge in [0.15, 0.2) is 0 Å². The Kier molecular flexibility index (Phi) is 3.89. The molecule has 0 saturated heterocycles. The van der Waals surface area contributed by atoms with E-state index in [-0.39, 0.29) is 27.9 Å². The zero-order chi connectivity index (χ0) is 17.6. The van der Waals surface area contributed by atoms with Gasteiger partial charge in [-0.25, -0.2) is 8.42 Å². The van der Waals surface area contributed by atoms with Crippen molar-refractivity contribution in [2.45, 2.75) is 18.2 Å². The third-order valence-corrected chi connectivity index (χ3v) is 5.60. The molecular weight excluding hydrogens is 354 g/mol. The third kappa shape index (κ3) is 2.78. The highest BCUT2D eigenvalue weighted by atomic mass is 35.5. The minimum atomic E-state index is -4.08. The summed E-state index contributed by atoms with van der Waals surface area (Å²) in [6.07, 6.45) is 1.64. The second-order valence-corrected chi connectivity index (χ2v) is 7.62. The summed E-state index contributed by atoms with van der Waals surface area (Å²) in [5, 5.41) is 2.57. The Morgan fingerprint density at radius 1 is 1.29 bits per heavy atom. The molecule has 0 saturated carbocycles. The lowest BCUT2D eigenvalue weighted by Gasteiger charge is -2.13. The van der Waals surface area contributed by atoms with E-state index in [1.807, 2.05) is 0 Å². The molecule has 0 atom stereocenters. The number of pyridine rings is 1. The molecule has 1 amide bonds. The van der Waals surface area contributed by atoms with Crippen LogP contribution in [0, 0.1) is 6.92 Å². The molecule has 2 aromatic rings. The second kappa shape index (κ2) is 5.64. The number of benzene rings is 1. The zero-order valence-corrected chi connectivity index (χ0v) is 14.5. The van der Waals surface area contributed by atoms with Crippen LogP contribution in [0.25, 0.3) is 0 Å². The second-order valence-electron chi connectivity index (χ2n) is 5.56. The molecule has 1 aliphatic rings. The number of rotatable bonds is 3. The van der Waals surface area contributed by atoms with Gasteiger partial charge in [0.2, 0.25) is 5.91 Å². The number of hydrogen-bond acceptors (Lipinski definition) is 4. The Labute approximate surface area is 143 Å². The number of amides is 1. The number of nitrogens with zero attached hydrogens (tertiary/aromatic N) is 1. The van der Waals surface area contributed by atoms with Crippen molar-refractivity contribution in [2.24, 2.45) is 7.05 Å². The predicted molar refractivity (Wildman–Crippen MR) is 91.0 cm³/mol. The zero-order valence-electron chi connectivity index (χ0n) is 12.9. The van der Waals surface area contributed by atoms with E-state index in [1.165, 1.54) is 23.7 Å². The average molecular weight is 368 g/mol. The molecule has 24 heavy (non-hydrogen) atoms. The number of aryl methyl sites for hydroxylation is 2. The number of anilines is 2. The number of sulfonamides is 1. The van der Waals surface area contributed by atoms with Crippen LogP contribution in [0.3, 0.4) is 0 Å². The number of hydrogen-bond donors (Lipinski definition) is 2. The summed E-state index contributed by atoms with van der Waals surface area (Å²) in [5.41, 5.74) is 1.03. The first-order valence-corrected chi connectivity index (χ1v) is 8.86. The van der Waals surface area contributed by atoms with Crippen LogP contribution in [0.15, 0.2) is 34.1 Å². The SMILES string of the molecule is Cc1ccn(C)c(=O)c1NS(=O)(=O)c1cc2c(cc1Cl)NC(=O)C2. The van der Waals surface area contributed by atoms with Gasteiger partial charge in [0.25, 0.3) is 15.6 Å². The fourth-order valence-electron chi connectivity index (χ4n) is 2.46. The largest absolute Gasteiger partial charge is 0.325 e. The van der Waals surface area contributed by atoms with Gasteiger partial charge in [-0.05, 0) is 36.2 Å². The highest BCUT2D eigenvalue weighted by molar-refractivity contribution is 7.92. The maximum absolute atomic E-state index is 12.7. The smallest absolute Gasteiger partial charge is 0.274 e. The van der Waals surface area contributed by atoms with Crippen molar-refractivity contribution in [2.75, 3.05) is 10.0 Å². The lowest BCUT2D eigenvalue weighted by atomic mass is 10.2. The highest BCUT2D eigenvalue weighted by Gasteiger charge is 2.26. The van der Waals surface area contributed by atoms with Gasteiger partial charge in [0, 0.05) is 18.9 Å². The minimum absolute atomic E-state index is 0.0335. The van der Waals surface area contributed by atoms with Crippen molar-refractivity contribution >= 4 is 38.9 Å². The van der Waals surface area contributed by atoms with Crippen LogP contribution in [0.1, 0.15) is 11.1 Å². The summed E-state index contributed by atoms with van der Waals surface area (Å²) in [4.78, 5) is 23.4. The molecule has 7 nitrogen and oxygen atoms in total. The van der Waals surface area contributed by atoms with Crippen molar-refractivity contribution in [3.8, 4) is 0 Å². The first-order valence-electron chi connectivity index (χ1n) is 7.00. The van der Waals surface area contributed by atoms with Crippen LogP contribution in [0.5, 0.6) is 0 Å². The van der Waals surface area contributed by atoms with Crippen molar-refractivity contribution < 1.29 is 13.2 Å². The standard InChI is InChI=1S/C15H14ClN3O4S/c1-8-3-4-19(2)15(21)14(8)18-24(22,23)12-5-9-6-13(20)17-11(9)7-10(12)16/h3-5,7,18H,6H2,1-2H3,(H,17,20). The number of nitrogens with one attached hydrogen (secondary N) is 2. The van der Waals surface area contributed by atoms with Crippen molar-refractivity contribution in [1.82, 2.24) is 4.57 Å². The molecule has 9 heteroatoms. The van der Waals surface area contributed by atoms with E-state index < -0.39 is 15.6 Å². The summed E-state index contributed by atoms with van der Waals surface area (Å²) in [6, 6.07) is 4.37. The van der Waals surface area contributed by atoms with E-state index in [1.54, 1.807) is 19.2 Å². The van der Waals surface area contributed by atoms with Gasteiger partial charge in [0.05, 0.1) is 11.4 Å². The molecule has 1 aromatic heterocycles. The Bertz CT molecular complexity index is 1030. The Hall–Kier alpha value is -2.32. The summed E-state index contributed by atoms with van der Waals surface area (Å²) in [5.74, 6) is -0.226. The molecule has 0 bridgehead atoms. The van der Waals surface area contributed by atoms with Crippen LogP contribution in [0.2, 0.25) is 5.02 Å². The number of halogens is 1. The van der Waals surface area contributed by atoms with E-state index in [0.717, 1.165) is 0 Å². The molecule has 0 radical (unpaired) electrons. The molecule has 2 N–H and O–H groups in total. The van der Waals surface area contributed by atoms with Crippen LogP contribution in [-0.2, 0) is 28.3 Å². The van der Waals surface area contributed by atoms with Gasteiger partial charge >= 0.3 is 0 Å². The average Bonchev–Trinajstić information content (AvgIpc) is 2.86. The Balaban J connectivity index is 2.08. The number of fused-ring (bicyclic) bond motifs is 1. The molecule has 0 fully saturated rings. The maximum atomic E-state index is 12.7. The normalized spacial score (nSPS) is 13.5. The topological polar surface area (TPSA) is 97.3 Å². The van der Waals surface area contributed by atoms with Gasteiger partial charge < -0.3 is 9.88 Å². The molecule has 0 unspecified atom stereocenters. The van der Waals surface area contributed by atoms with E-state index in [9.17, 15) is 18.0 Å². The monoisotopic (exact) mass is 367 g/mol. The van der Waals surface area contributed by atoms with Crippen LogP contribution in [-0.4, -0.2) is 18.9 Å². The molecule has 0 spiro atoms. The molecule has 0 aliphatic carbocycles. The summed E-state index contributed by atoms with van der Waals surface area (Å²) < 4.78 is 28.9. The maximum Gasteiger partial charge on any atom is 0.274 e. The highest BCUT2D eigenvalue weighted by Crippen LogP contribution is 2.33. The molecule has 2 heterocycles. The third-order valence-electron chi connectivity index (χ3n) is 3.79. The van der Waals surface area contributed by atoms with Crippen molar-refractivity contribution in [3.05, 3.63) is 50.9 Å². The van der Waals surface area contributed by atoms with Gasteiger partial charge in [0.1, 0.15) is 10.6 Å². The van der Waals surface area contributed by atoms with Gasteiger partial charge in [-0.2, -0.15) is 0 Å². The van der Waals surface area contributed by atoms with Gasteiger partial charge in [-0.15, -0.1) is 0 Å². The number of carbonyl (C=O) groups is 1. The molecular formula is C15H14ClN3O4S. The lowest BCUT2D eigenvalue weighted by molar-refractivity contribution is -0.115. The van der Waals surface area contributed by atoms with Crippen LogP contribution < -0.4 is 15.6 Å². The molecule has 1 aromatic carbocycles. The van der Waals surface area contributed by atoms with Gasteiger partial charge in [-0.3, -0.25) is 14.3 Å². The molecule has 3 rings (SSSR count). The Morgan fingerprint density at radius 3 is 2.71 bits per heavy atom. The quantitative estimate of drug-likeness (QED) is 0.861. The fraction of sp³-hybridized carbons (Fsp3) is 0.200. The van der Waals surface area contributed by atoms with Crippen LogP contribution >= 0.6 is 11.6 Å². The molecule has 126 valence electrons. The van der Waals surface area contributed by atoms with E-state index in [0.29, 0.717) is 16.8 Å². The van der Waals surface area contributed by atoms with E-state index >= 15 is 0 Å². The van der Waals surface area contributed by atoms with E-state index in [2.05, 4.69) is 10.0 Å². The predicted octanol–water partition coefficient (Wildman–Crippen LogP) is 1.64. The fourth-order valence-corrected chi connectivity index (χ4v) is 4.17. The lowest BCUT2D eigenvalue weighted by Crippen LogP contribution is -2.25. The summed E-state index contributed by atoms with van der Waals surface area (Å²) >= 11 is 6.06. The number of carbonyl (C=O) groups excluding carboxylic acids is 1. The summed E-state index contributed by atoms with van der Waals surface area (Å²) in [6.45, 7) is 1.63. The van der Waals surface area contributed by atoms with E-state index in [4.69, 9.17) is 11.6 Å². The van der Waals surface area contributed by atoms with Crippen molar-refractivity contribution in [3.63, 3.8) is 0 Å². The minimum Gasteiger partial charge on any atom is -0.325 e.